The summed E-state index contributed by atoms with van der Waals surface area (Å²) >= 11 is 0. The number of pyridine rings is 1. The maximum absolute atomic E-state index is 13.8. The molecule has 1 N–H and O–H groups in total. The predicted molar refractivity (Wildman–Crippen MR) is 147 cm³/mol. The summed E-state index contributed by atoms with van der Waals surface area (Å²) in [6.45, 7) is 5.12. The Morgan fingerprint density at radius 3 is 2.11 bits per heavy atom. The molecule has 3 heterocycles. The minimum absolute atomic E-state index is 0.0163. The van der Waals surface area contributed by atoms with Crippen LogP contribution in [0.5, 0.6) is 0 Å². The van der Waals surface area contributed by atoms with Crippen molar-refractivity contribution in [3.05, 3.63) is 95.7 Å². The number of nitrogens with zero attached hydrogens (tertiary/aromatic N) is 3. The SMILES string of the molecule is C[C@H](NC(=O)C1(c2ccccc2)CCN(C(=O)c2ccc(N3CCCCC3)nc2)CC1)c1ccccc1. The van der Waals surface area contributed by atoms with E-state index in [4.69, 9.17) is 0 Å². The highest BCUT2D eigenvalue weighted by Crippen LogP contribution is 2.37. The van der Waals surface area contributed by atoms with Crippen LogP contribution < -0.4 is 10.2 Å². The average Bonchev–Trinajstić information content (AvgIpc) is 2.98. The molecule has 1 atom stereocenters. The normalized spacial score (nSPS) is 18.2. The van der Waals surface area contributed by atoms with Gasteiger partial charge in [-0.15, -0.1) is 0 Å². The first-order valence-corrected chi connectivity index (χ1v) is 13.5. The van der Waals surface area contributed by atoms with Gasteiger partial charge in [0.25, 0.3) is 5.91 Å². The van der Waals surface area contributed by atoms with E-state index in [0.29, 0.717) is 31.5 Å². The summed E-state index contributed by atoms with van der Waals surface area (Å²) in [7, 11) is 0. The lowest BCUT2D eigenvalue weighted by Crippen LogP contribution is -2.53. The smallest absolute Gasteiger partial charge is 0.255 e. The average molecular weight is 497 g/mol. The van der Waals surface area contributed by atoms with Crippen LogP contribution in [0.15, 0.2) is 79.0 Å². The van der Waals surface area contributed by atoms with Gasteiger partial charge in [0.1, 0.15) is 5.82 Å². The van der Waals surface area contributed by atoms with Crippen LogP contribution in [0.1, 0.15) is 66.6 Å². The number of piperidine rings is 2. The molecule has 2 saturated heterocycles. The molecule has 2 aromatic carbocycles. The van der Waals surface area contributed by atoms with Gasteiger partial charge in [0.05, 0.1) is 17.0 Å². The highest BCUT2D eigenvalue weighted by atomic mass is 16.2. The van der Waals surface area contributed by atoms with E-state index in [2.05, 4.69) is 15.2 Å². The van der Waals surface area contributed by atoms with Crippen LogP contribution in [-0.4, -0.2) is 47.9 Å². The van der Waals surface area contributed by atoms with E-state index < -0.39 is 5.41 Å². The van der Waals surface area contributed by atoms with E-state index in [1.807, 2.05) is 84.6 Å². The molecule has 0 unspecified atom stereocenters. The summed E-state index contributed by atoms with van der Waals surface area (Å²) in [6, 6.07) is 23.8. The van der Waals surface area contributed by atoms with Crippen molar-refractivity contribution in [1.29, 1.82) is 0 Å². The Kier molecular flexibility index (Phi) is 7.54. The van der Waals surface area contributed by atoms with Crippen molar-refractivity contribution in [3.8, 4) is 0 Å². The summed E-state index contributed by atoms with van der Waals surface area (Å²) in [5.74, 6) is 0.953. The Morgan fingerprint density at radius 2 is 1.49 bits per heavy atom. The second-order valence-electron chi connectivity index (χ2n) is 10.3. The number of hydrogen-bond acceptors (Lipinski definition) is 4. The highest BCUT2D eigenvalue weighted by Gasteiger charge is 2.44. The molecule has 0 saturated carbocycles. The first-order valence-electron chi connectivity index (χ1n) is 13.5. The number of benzene rings is 2. The van der Waals surface area contributed by atoms with Crippen LogP contribution in [0.4, 0.5) is 5.82 Å². The van der Waals surface area contributed by atoms with E-state index in [0.717, 1.165) is 30.0 Å². The van der Waals surface area contributed by atoms with Crippen LogP contribution in [-0.2, 0) is 10.2 Å². The monoisotopic (exact) mass is 496 g/mol. The molecule has 0 spiro atoms. The maximum Gasteiger partial charge on any atom is 0.255 e. The summed E-state index contributed by atoms with van der Waals surface area (Å²) in [5.41, 5.74) is 2.02. The first-order chi connectivity index (χ1) is 18.1. The molecule has 1 aromatic heterocycles. The van der Waals surface area contributed by atoms with Gasteiger partial charge in [-0.1, -0.05) is 60.7 Å². The van der Waals surface area contributed by atoms with E-state index in [1.54, 1.807) is 6.20 Å². The maximum atomic E-state index is 13.8. The Morgan fingerprint density at radius 1 is 0.838 bits per heavy atom. The van der Waals surface area contributed by atoms with Crippen LogP contribution in [0, 0.1) is 0 Å². The number of nitrogens with one attached hydrogen (secondary N) is 1. The second kappa shape index (κ2) is 11.2. The summed E-state index contributed by atoms with van der Waals surface area (Å²) in [4.78, 5) is 35.9. The van der Waals surface area contributed by atoms with E-state index in [1.165, 1.54) is 19.3 Å². The molecule has 3 aromatic rings. The van der Waals surface area contributed by atoms with E-state index in [9.17, 15) is 9.59 Å². The Bertz CT molecular complexity index is 1180. The van der Waals surface area contributed by atoms with Crippen molar-refractivity contribution >= 4 is 17.6 Å². The number of carbonyl (C=O) groups excluding carboxylic acids is 2. The Hall–Kier alpha value is -3.67. The lowest BCUT2D eigenvalue weighted by Gasteiger charge is -2.41. The molecule has 192 valence electrons. The third kappa shape index (κ3) is 5.38. The van der Waals surface area contributed by atoms with Crippen molar-refractivity contribution in [1.82, 2.24) is 15.2 Å². The van der Waals surface area contributed by atoms with Crippen molar-refractivity contribution in [2.45, 2.75) is 50.5 Å². The number of likely N-dealkylation sites (tertiary alicyclic amines) is 1. The van der Waals surface area contributed by atoms with Crippen molar-refractivity contribution < 1.29 is 9.59 Å². The third-order valence-corrected chi connectivity index (χ3v) is 7.99. The number of hydrogen-bond donors (Lipinski definition) is 1. The van der Waals surface area contributed by atoms with Gasteiger partial charge in [0.2, 0.25) is 5.91 Å². The number of amides is 2. The molecule has 6 nitrogen and oxygen atoms in total. The lowest BCUT2D eigenvalue weighted by atomic mass is 9.71. The Labute approximate surface area is 219 Å². The van der Waals surface area contributed by atoms with Crippen LogP contribution in [0.2, 0.25) is 0 Å². The highest BCUT2D eigenvalue weighted by molar-refractivity contribution is 5.95. The minimum atomic E-state index is -0.669. The van der Waals surface area contributed by atoms with Crippen molar-refractivity contribution in [3.63, 3.8) is 0 Å². The molecular weight excluding hydrogens is 460 g/mol. The number of anilines is 1. The van der Waals surface area contributed by atoms with Gasteiger partial charge in [-0.05, 0) is 62.3 Å². The zero-order valence-electron chi connectivity index (χ0n) is 21.6. The molecule has 0 bridgehead atoms. The van der Waals surface area contributed by atoms with Gasteiger partial charge in [0, 0.05) is 32.4 Å². The molecule has 2 aliphatic rings. The zero-order chi connectivity index (χ0) is 25.7. The number of carbonyl (C=O) groups is 2. The first kappa shape index (κ1) is 25.0. The molecular formula is C31H36N4O2. The summed E-state index contributed by atoms with van der Waals surface area (Å²) < 4.78 is 0. The molecule has 37 heavy (non-hydrogen) atoms. The van der Waals surface area contributed by atoms with Gasteiger partial charge in [-0.3, -0.25) is 9.59 Å². The fraction of sp³-hybridized carbons (Fsp3) is 0.387. The number of rotatable bonds is 6. The van der Waals surface area contributed by atoms with Gasteiger partial charge in [-0.25, -0.2) is 4.98 Å². The van der Waals surface area contributed by atoms with Crippen LogP contribution in [0.3, 0.4) is 0 Å². The quantitative estimate of drug-likeness (QED) is 0.514. The lowest BCUT2D eigenvalue weighted by molar-refractivity contribution is -0.129. The van der Waals surface area contributed by atoms with Gasteiger partial charge < -0.3 is 15.1 Å². The minimum Gasteiger partial charge on any atom is -0.357 e. The third-order valence-electron chi connectivity index (χ3n) is 7.99. The molecule has 6 heteroatoms. The van der Waals surface area contributed by atoms with E-state index in [-0.39, 0.29) is 17.9 Å². The molecule has 0 aliphatic carbocycles. The topological polar surface area (TPSA) is 65.5 Å². The van der Waals surface area contributed by atoms with Crippen molar-refractivity contribution in [2.24, 2.45) is 0 Å². The van der Waals surface area contributed by atoms with Gasteiger partial charge in [-0.2, -0.15) is 0 Å². The number of aromatic nitrogens is 1. The zero-order valence-corrected chi connectivity index (χ0v) is 21.6. The summed E-state index contributed by atoms with van der Waals surface area (Å²) in [6.07, 6.45) is 6.52. The molecule has 0 radical (unpaired) electrons. The van der Waals surface area contributed by atoms with Crippen LogP contribution >= 0.6 is 0 Å². The molecule has 5 rings (SSSR count). The van der Waals surface area contributed by atoms with Crippen LogP contribution in [0.25, 0.3) is 0 Å². The van der Waals surface area contributed by atoms with E-state index >= 15 is 0 Å². The fourth-order valence-corrected chi connectivity index (χ4v) is 5.66. The summed E-state index contributed by atoms with van der Waals surface area (Å²) in [5, 5.41) is 3.26. The van der Waals surface area contributed by atoms with Crippen molar-refractivity contribution in [2.75, 3.05) is 31.1 Å². The largest absolute Gasteiger partial charge is 0.357 e. The predicted octanol–water partition coefficient (Wildman–Crippen LogP) is 5.12. The second-order valence-corrected chi connectivity index (χ2v) is 10.3. The molecule has 2 amide bonds. The van der Waals surface area contributed by atoms with Gasteiger partial charge in [0.15, 0.2) is 0 Å². The molecule has 2 aliphatic heterocycles. The molecule has 2 fully saturated rings. The Balaban J connectivity index is 1.29. The van der Waals surface area contributed by atoms with Gasteiger partial charge >= 0.3 is 0 Å². The fourth-order valence-electron chi connectivity index (χ4n) is 5.66. The standard InChI is InChI=1S/C31H36N4O2/c1-24(25-11-5-2-6-12-25)33-30(37)31(27-13-7-3-8-14-27)17-21-35(22-18-31)29(36)26-15-16-28(32-23-26)34-19-9-4-10-20-34/h2-3,5-8,11-16,23-24H,4,9-10,17-22H2,1H3,(H,33,37)/t24-/m0/s1.